The van der Waals surface area contributed by atoms with E-state index in [1.807, 2.05) is 12.1 Å². The van der Waals surface area contributed by atoms with E-state index in [0.717, 1.165) is 58.3 Å². The molecule has 3 rings (SSSR count). The average molecular weight is 551 g/mol. The van der Waals surface area contributed by atoms with Crippen molar-refractivity contribution in [3.05, 3.63) is 29.8 Å². The molecule has 1 unspecified atom stereocenters. The number of hydrogen-bond acceptors (Lipinski definition) is 5. The van der Waals surface area contributed by atoms with Crippen LogP contribution in [0.1, 0.15) is 18.9 Å². The number of sulfonamides is 1. The zero-order chi connectivity index (χ0) is 20.9. The predicted octanol–water partition coefficient (Wildman–Crippen LogP) is 1.43. The highest BCUT2D eigenvalue weighted by molar-refractivity contribution is 14.0. The molecule has 0 amide bonds. The summed E-state index contributed by atoms with van der Waals surface area (Å²) < 4.78 is 32.0. The van der Waals surface area contributed by atoms with Crippen LogP contribution in [0.3, 0.4) is 0 Å². The number of aliphatic imine (C=N–C) groups is 1. The van der Waals surface area contributed by atoms with E-state index in [-0.39, 0.29) is 24.0 Å². The van der Waals surface area contributed by atoms with E-state index in [2.05, 4.69) is 22.0 Å². The van der Waals surface area contributed by atoms with Crippen LogP contribution in [0.4, 0.5) is 0 Å². The van der Waals surface area contributed by atoms with Crippen LogP contribution in [0.5, 0.6) is 0 Å². The fourth-order valence-corrected chi connectivity index (χ4v) is 4.95. The molecule has 2 heterocycles. The van der Waals surface area contributed by atoms with E-state index in [9.17, 15) is 8.42 Å². The number of morpholine rings is 1. The van der Waals surface area contributed by atoms with Crippen molar-refractivity contribution in [1.29, 1.82) is 0 Å². The van der Waals surface area contributed by atoms with E-state index < -0.39 is 10.0 Å². The molecule has 1 aromatic carbocycles. The number of halogens is 1. The molecule has 0 spiro atoms. The van der Waals surface area contributed by atoms with Gasteiger partial charge in [0.2, 0.25) is 10.0 Å². The smallest absolute Gasteiger partial charge is 0.242 e. The first-order valence-electron chi connectivity index (χ1n) is 10.3. The Morgan fingerprint density at radius 2 is 1.93 bits per heavy atom. The molecule has 0 bridgehead atoms. The van der Waals surface area contributed by atoms with Crippen LogP contribution >= 0.6 is 24.0 Å². The van der Waals surface area contributed by atoms with Gasteiger partial charge in [-0.2, -0.15) is 0 Å². The first kappa shape index (κ1) is 25.3. The molecule has 1 N–H and O–H groups in total. The Kier molecular flexibility index (Phi) is 9.79. The van der Waals surface area contributed by atoms with Crippen molar-refractivity contribution < 1.29 is 13.2 Å². The molecule has 2 aliphatic heterocycles. The Morgan fingerprint density at radius 1 is 1.23 bits per heavy atom. The van der Waals surface area contributed by atoms with Crippen molar-refractivity contribution in [1.82, 2.24) is 19.4 Å². The molecule has 0 saturated carbocycles. The molecule has 2 aliphatic rings. The first-order valence-corrected chi connectivity index (χ1v) is 11.7. The van der Waals surface area contributed by atoms with Gasteiger partial charge in [0.25, 0.3) is 0 Å². The summed E-state index contributed by atoms with van der Waals surface area (Å²) in [5.41, 5.74) is 0.709. The quantitative estimate of drug-likeness (QED) is 0.328. The first-order chi connectivity index (χ1) is 13.9. The monoisotopic (exact) mass is 551 g/mol. The third-order valence-corrected chi connectivity index (χ3v) is 7.41. The van der Waals surface area contributed by atoms with Crippen LogP contribution in [0.25, 0.3) is 0 Å². The molecule has 10 heteroatoms. The molecular weight excluding hydrogens is 517 g/mol. The van der Waals surface area contributed by atoms with Crippen molar-refractivity contribution in [3.63, 3.8) is 0 Å². The van der Waals surface area contributed by atoms with Gasteiger partial charge in [-0.25, -0.2) is 17.7 Å². The highest BCUT2D eigenvalue weighted by Crippen LogP contribution is 2.20. The zero-order valence-corrected chi connectivity index (χ0v) is 21.2. The number of rotatable bonds is 6. The standard InChI is InChI=1S/C20H33N5O3S.HI/c1-4-21-20(25-10-9-18(16-25)24-11-13-28-14-12-24)22-15-17-7-5-6-8-19(17)29(26,27)23(2)3;/h5-8,18H,4,9-16H2,1-3H3,(H,21,22);1H. The normalized spacial score (nSPS) is 21.0. The van der Waals surface area contributed by atoms with Gasteiger partial charge in [0.1, 0.15) is 0 Å². The number of likely N-dealkylation sites (tertiary alicyclic amines) is 1. The van der Waals surface area contributed by atoms with Gasteiger partial charge in [0.15, 0.2) is 5.96 Å². The van der Waals surface area contributed by atoms with Crippen LogP contribution in [-0.2, 0) is 21.3 Å². The third kappa shape index (κ3) is 6.06. The second-order valence-corrected chi connectivity index (χ2v) is 9.72. The molecular formula is C20H34IN5O3S. The Hall–Kier alpha value is -0.950. The zero-order valence-electron chi connectivity index (χ0n) is 18.1. The Balaban J connectivity index is 0.00000320. The van der Waals surface area contributed by atoms with Gasteiger partial charge in [-0.15, -0.1) is 24.0 Å². The minimum atomic E-state index is -3.50. The van der Waals surface area contributed by atoms with Crippen LogP contribution in [-0.4, -0.2) is 94.6 Å². The molecule has 0 radical (unpaired) electrons. The van der Waals surface area contributed by atoms with E-state index >= 15 is 0 Å². The predicted molar refractivity (Wildman–Crippen MR) is 130 cm³/mol. The average Bonchev–Trinajstić information content (AvgIpc) is 3.22. The second kappa shape index (κ2) is 11.6. The van der Waals surface area contributed by atoms with Gasteiger partial charge < -0.3 is 15.0 Å². The maximum Gasteiger partial charge on any atom is 0.242 e. The van der Waals surface area contributed by atoms with Crippen LogP contribution in [0.15, 0.2) is 34.2 Å². The fraction of sp³-hybridized carbons (Fsp3) is 0.650. The number of hydrogen-bond donors (Lipinski definition) is 1. The molecule has 30 heavy (non-hydrogen) atoms. The summed E-state index contributed by atoms with van der Waals surface area (Å²) in [6, 6.07) is 7.62. The summed E-state index contributed by atoms with van der Waals surface area (Å²) >= 11 is 0. The van der Waals surface area contributed by atoms with Crippen molar-refractivity contribution in [3.8, 4) is 0 Å². The molecule has 1 aromatic rings. The highest BCUT2D eigenvalue weighted by atomic mass is 127. The van der Waals surface area contributed by atoms with Crippen molar-refractivity contribution in [2.75, 3.05) is 60.0 Å². The van der Waals surface area contributed by atoms with Crippen molar-refractivity contribution >= 4 is 40.0 Å². The summed E-state index contributed by atoms with van der Waals surface area (Å²) in [5, 5.41) is 3.37. The Labute approximate surface area is 197 Å². The maximum atomic E-state index is 12.6. The third-order valence-electron chi connectivity index (χ3n) is 5.49. The second-order valence-electron chi connectivity index (χ2n) is 7.60. The van der Waals surface area contributed by atoms with Gasteiger partial charge in [-0.1, -0.05) is 18.2 Å². The lowest BCUT2D eigenvalue weighted by Crippen LogP contribution is -2.46. The summed E-state index contributed by atoms with van der Waals surface area (Å²) in [6.45, 7) is 8.62. The van der Waals surface area contributed by atoms with Crippen molar-refractivity contribution in [2.45, 2.75) is 30.8 Å². The van der Waals surface area contributed by atoms with E-state index in [0.29, 0.717) is 23.0 Å². The van der Waals surface area contributed by atoms with E-state index in [4.69, 9.17) is 9.73 Å². The lowest BCUT2D eigenvalue weighted by molar-refractivity contribution is 0.0195. The highest BCUT2D eigenvalue weighted by Gasteiger charge is 2.30. The summed E-state index contributed by atoms with van der Waals surface area (Å²) in [6.07, 6.45) is 1.11. The number of nitrogens with one attached hydrogen (secondary N) is 1. The Bertz CT molecular complexity index is 812. The maximum absolute atomic E-state index is 12.6. The van der Waals surface area contributed by atoms with Gasteiger partial charge in [0.05, 0.1) is 24.7 Å². The summed E-state index contributed by atoms with van der Waals surface area (Å²) in [5.74, 6) is 0.848. The number of ether oxygens (including phenoxy) is 1. The molecule has 170 valence electrons. The van der Waals surface area contributed by atoms with Crippen LogP contribution in [0, 0.1) is 0 Å². The minimum Gasteiger partial charge on any atom is -0.379 e. The number of benzene rings is 1. The molecule has 1 atom stereocenters. The Morgan fingerprint density at radius 3 is 2.60 bits per heavy atom. The van der Waals surface area contributed by atoms with Gasteiger partial charge in [-0.05, 0) is 25.0 Å². The largest absolute Gasteiger partial charge is 0.379 e. The van der Waals surface area contributed by atoms with Gasteiger partial charge in [-0.3, -0.25) is 4.90 Å². The van der Waals surface area contributed by atoms with Gasteiger partial charge in [0, 0.05) is 52.9 Å². The SMILES string of the molecule is CCNC(=NCc1ccccc1S(=O)(=O)N(C)C)N1CCC(N2CCOCC2)C1.I. The lowest BCUT2D eigenvalue weighted by atomic mass is 10.2. The molecule has 2 fully saturated rings. The van der Waals surface area contributed by atoms with Crippen molar-refractivity contribution in [2.24, 2.45) is 4.99 Å². The lowest BCUT2D eigenvalue weighted by Gasteiger charge is -2.32. The number of nitrogens with zero attached hydrogens (tertiary/aromatic N) is 4. The van der Waals surface area contributed by atoms with E-state index in [1.54, 1.807) is 26.2 Å². The van der Waals surface area contributed by atoms with Crippen LogP contribution in [0.2, 0.25) is 0 Å². The molecule has 2 saturated heterocycles. The topological polar surface area (TPSA) is 77.5 Å². The van der Waals surface area contributed by atoms with Crippen LogP contribution < -0.4 is 5.32 Å². The fourth-order valence-electron chi connectivity index (χ4n) is 3.84. The summed E-state index contributed by atoms with van der Waals surface area (Å²) in [4.78, 5) is 9.89. The van der Waals surface area contributed by atoms with E-state index in [1.165, 1.54) is 4.31 Å². The molecule has 8 nitrogen and oxygen atoms in total. The minimum absolute atomic E-state index is 0. The summed E-state index contributed by atoms with van der Waals surface area (Å²) in [7, 11) is -0.396. The van der Waals surface area contributed by atoms with Gasteiger partial charge >= 0.3 is 0 Å². The molecule has 0 aliphatic carbocycles. The number of guanidine groups is 1. The molecule has 0 aromatic heterocycles.